The van der Waals surface area contributed by atoms with Gasteiger partial charge < -0.3 is 24.2 Å². The number of rotatable bonds is 13. The average Bonchev–Trinajstić information content (AvgIpc) is 2.89. The highest BCUT2D eigenvalue weighted by atomic mass is 31.3. The predicted octanol–water partition coefficient (Wildman–Crippen LogP) is 3.22. The Bertz CT molecular complexity index is 814. The highest BCUT2D eigenvalue weighted by Crippen LogP contribution is 2.66. The van der Waals surface area contributed by atoms with Gasteiger partial charge >= 0.3 is 22.8 Å². The van der Waals surface area contributed by atoms with E-state index in [2.05, 4.69) is 19.7 Å². The monoisotopic (exact) mass is 506 g/mol. The number of azide groups is 1. The summed E-state index contributed by atoms with van der Waals surface area (Å²) in [6.07, 6.45) is -1.75. The summed E-state index contributed by atoms with van der Waals surface area (Å²) in [5.41, 5.74) is 8.74. The molecule has 7 atom stereocenters. The zero-order valence-electron chi connectivity index (χ0n) is 17.9. The summed E-state index contributed by atoms with van der Waals surface area (Å²) in [6, 6.07) is 0. The molecule has 1 rings (SSSR count). The number of amides is 1. The van der Waals surface area contributed by atoms with Crippen LogP contribution in [-0.4, -0.2) is 68.5 Å². The summed E-state index contributed by atoms with van der Waals surface area (Å²) < 4.78 is 62.0. The average molecular weight is 506 g/mol. The van der Waals surface area contributed by atoms with Crippen LogP contribution in [0, 0.1) is 0 Å². The lowest BCUT2D eigenvalue weighted by Crippen LogP contribution is -2.33. The van der Waals surface area contributed by atoms with E-state index in [-0.39, 0.29) is 31.6 Å². The minimum absolute atomic E-state index is 0.228. The fraction of sp³-hybridized carbons (Fsp3) is 0.929. The SMILES string of the molecule is CC(=O)NCCC(N=[N+]=[N-])OC1C[C@H](C)O[C@@H]1COP(C)(=O)OP(C)(=O)OP(C)(=O)O. The number of ether oxygens (including phenoxy) is 2. The Morgan fingerprint density at radius 3 is 2.48 bits per heavy atom. The van der Waals surface area contributed by atoms with E-state index in [9.17, 15) is 23.4 Å². The highest BCUT2D eigenvalue weighted by Gasteiger charge is 2.39. The summed E-state index contributed by atoms with van der Waals surface area (Å²) >= 11 is 0. The van der Waals surface area contributed by atoms with Crippen LogP contribution in [0.4, 0.5) is 0 Å². The van der Waals surface area contributed by atoms with Gasteiger partial charge in [0.05, 0.1) is 18.8 Å². The zero-order chi connectivity index (χ0) is 23.9. The molecule has 180 valence electrons. The van der Waals surface area contributed by atoms with Crippen LogP contribution in [-0.2, 0) is 41.1 Å². The Kier molecular flexibility index (Phi) is 10.9. The summed E-state index contributed by atoms with van der Waals surface area (Å²) in [5.74, 6) is -0.236. The molecule has 1 aliphatic rings. The van der Waals surface area contributed by atoms with E-state index in [0.717, 1.165) is 20.0 Å². The van der Waals surface area contributed by atoms with Gasteiger partial charge in [-0.3, -0.25) is 18.5 Å². The van der Waals surface area contributed by atoms with Gasteiger partial charge in [0, 0.05) is 44.8 Å². The van der Waals surface area contributed by atoms with Crippen molar-refractivity contribution in [1.82, 2.24) is 5.32 Å². The Labute approximate surface area is 180 Å². The van der Waals surface area contributed by atoms with Crippen LogP contribution in [0.15, 0.2) is 5.11 Å². The molecule has 0 bridgehead atoms. The van der Waals surface area contributed by atoms with E-state index < -0.39 is 41.2 Å². The van der Waals surface area contributed by atoms with Crippen molar-refractivity contribution in [2.75, 3.05) is 33.1 Å². The predicted molar refractivity (Wildman–Crippen MR) is 111 cm³/mol. The maximum atomic E-state index is 12.5. The van der Waals surface area contributed by atoms with E-state index in [1.807, 2.05) is 0 Å². The lowest BCUT2D eigenvalue weighted by Gasteiger charge is -2.25. The van der Waals surface area contributed by atoms with Gasteiger partial charge in [0.2, 0.25) is 5.91 Å². The second-order valence-electron chi connectivity index (χ2n) is 7.13. The van der Waals surface area contributed by atoms with Crippen LogP contribution in [0.1, 0.15) is 26.7 Å². The van der Waals surface area contributed by atoms with E-state index >= 15 is 0 Å². The molecule has 0 radical (unpaired) electrons. The Balaban J connectivity index is 2.71. The fourth-order valence-corrected chi connectivity index (χ4v) is 8.14. The van der Waals surface area contributed by atoms with Crippen molar-refractivity contribution in [2.45, 2.75) is 51.2 Å². The number of nitrogens with one attached hydrogen (secondary N) is 1. The molecular formula is C14H29N4O10P3. The molecule has 31 heavy (non-hydrogen) atoms. The van der Waals surface area contributed by atoms with E-state index in [1.54, 1.807) is 6.92 Å². The lowest BCUT2D eigenvalue weighted by atomic mass is 10.1. The van der Waals surface area contributed by atoms with Gasteiger partial charge in [-0.15, -0.1) is 0 Å². The van der Waals surface area contributed by atoms with Gasteiger partial charge in [-0.1, -0.05) is 5.11 Å². The molecular weight excluding hydrogens is 477 g/mol. The van der Waals surface area contributed by atoms with Crippen molar-refractivity contribution in [3.63, 3.8) is 0 Å². The van der Waals surface area contributed by atoms with Crippen molar-refractivity contribution < 1.29 is 46.0 Å². The number of nitrogens with zero attached hydrogens (tertiary/aromatic N) is 3. The third-order valence-corrected chi connectivity index (χ3v) is 9.12. The molecule has 2 N–H and O–H groups in total. The first-order chi connectivity index (χ1) is 14.1. The molecule has 17 heteroatoms. The molecule has 1 saturated heterocycles. The van der Waals surface area contributed by atoms with Gasteiger partial charge in [-0.2, -0.15) is 0 Å². The second-order valence-corrected chi connectivity index (χ2v) is 13.4. The van der Waals surface area contributed by atoms with Gasteiger partial charge in [0.25, 0.3) is 0 Å². The minimum atomic E-state index is -4.14. The third-order valence-electron chi connectivity index (χ3n) is 3.73. The topological polar surface area (TPSA) is 195 Å². The van der Waals surface area contributed by atoms with Crippen LogP contribution in [0.2, 0.25) is 0 Å². The molecule has 0 aliphatic carbocycles. The molecule has 0 aromatic rings. The van der Waals surface area contributed by atoms with Crippen LogP contribution < -0.4 is 5.32 Å². The lowest BCUT2D eigenvalue weighted by molar-refractivity contribution is -0.119. The smallest absolute Gasteiger partial charge is 0.341 e. The number of carbonyl (C=O) groups is 1. The number of hydrogen-bond acceptors (Lipinski definition) is 10. The zero-order valence-corrected chi connectivity index (χ0v) is 20.6. The van der Waals surface area contributed by atoms with Crippen LogP contribution >= 0.6 is 22.8 Å². The Morgan fingerprint density at radius 1 is 1.29 bits per heavy atom. The Hall–Kier alpha value is -0.770. The number of carbonyl (C=O) groups excluding carboxylic acids is 1. The quantitative estimate of drug-likeness (QED) is 0.162. The Morgan fingerprint density at radius 2 is 1.94 bits per heavy atom. The highest BCUT2D eigenvalue weighted by molar-refractivity contribution is 7.71. The molecule has 0 aromatic carbocycles. The summed E-state index contributed by atoms with van der Waals surface area (Å²) in [7, 11) is -12.2. The van der Waals surface area contributed by atoms with E-state index in [1.165, 1.54) is 6.92 Å². The molecule has 1 aliphatic heterocycles. The van der Waals surface area contributed by atoms with Crippen LogP contribution in [0.25, 0.3) is 10.4 Å². The number of hydrogen-bond donors (Lipinski definition) is 2. The first kappa shape index (κ1) is 28.3. The first-order valence-electron chi connectivity index (χ1n) is 9.24. The summed E-state index contributed by atoms with van der Waals surface area (Å²) in [5, 5.41) is 6.14. The largest absolute Gasteiger partial charge is 0.370 e. The normalized spacial score (nSPS) is 27.9. The molecule has 0 saturated carbocycles. The molecule has 1 fully saturated rings. The van der Waals surface area contributed by atoms with E-state index in [0.29, 0.717) is 6.42 Å². The maximum Gasteiger partial charge on any atom is 0.341 e. The molecule has 0 aromatic heterocycles. The standard InChI is InChI=1S/C14H29N4O10P3/c1-10-8-12(26-14(17-18-15)6-7-16-11(2)19)13(25-10)9-24-30(4,22)28-31(5,23)27-29(3,20)21/h10,12-14H,6-9H2,1-5H3,(H,16,19)(H,20,21)/t10-,12?,13+,14?,30?,31?/m0/s1. The molecule has 5 unspecified atom stereocenters. The maximum absolute atomic E-state index is 12.5. The van der Waals surface area contributed by atoms with Crippen LogP contribution in [0.5, 0.6) is 0 Å². The van der Waals surface area contributed by atoms with Gasteiger partial charge in [-0.05, 0) is 18.9 Å². The molecule has 14 nitrogen and oxygen atoms in total. The van der Waals surface area contributed by atoms with Crippen LogP contribution in [0.3, 0.4) is 0 Å². The van der Waals surface area contributed by atoms with E-state index in [4.69, 9.17) is 23.8 Å². The summed E-state index contributed by atoms with van der Waals surface area (Å²) in [6.45, 7) is 5.85. The van der Waals surface area contributed by atoms with Crippen molar-refractivity contribution in [3.8, 4) is 0 Å². The minimum Gasteiger partial charge on any atom is -0.370 e. The van der Waals surface area contributed by atoms with Crippen molar-refractivity contribution in [3.05, 3.63) is 10.4 Å². The molecule has 1 heterocycles. The molecule has 1 amide bonds. The third kappa shape index (κ3) is 12.2. The first-order valence-corrected chi connectivity index (χ1v) is 15.2. The van der Waals surface area contributed by atoms with Gasteiger partial charge in [0.1, 0.15) is 12.3 Å². The van der Waals surface area contributed by atoms with Crippen molar-refractivity contribution in [1.29, 1.82) is 0 Å². The van der Waals surface area contributed by atoms with Crippen molar-refractivity contribution >= 4 is 28.7 Å². The molecule has 0 spiro atoms. The van der Waals surface area contributed by atoms with Gasteiger partial charge in [-0.25, -0.2) is 8.62 Å². The second kappa shape index (κ2) is 11.9. The van der Waals surface area contributed by atoms with Crippen molar-refractivity contribution in [2.24, 2.45) is 5.11 Å². The summed E-state index contributed by atoms with van der Waals surface area (Å²) in [4.78, 5) is 22.9. The fourth-order valence-electron chi connectivity index (χ4n) is 2.79. The van der Waals surface area contributed by atoms with Gasteiger partial charge in [0.15, 0.2) is 0 Å².